The Morgan fingerprint density at radius 3 is 2.76 bits per heavy atom. The maximum absolute atomic E-state index is 13.4. The number of ether oxygens (including phenoxy) is 1. The van der Waals surface area contributed by atoms with Gasteiger partial charge in [-0.3, -0.25) is 9.59 Å². The van der Waals surface area contributed by atoms with Gasteiger partial charge in [-0.05, 0) is 69.7 Å². The topological polar surface area (TPSA) is 83.6 Å². The Morgan fingerprint density at radius 1 is 1.19 bits per heavy atom. The van der Waals surface area contributed by atoms with Crippen molar-refractivity contribution in [1.82, 2.24) is 20.5 Å². The monoisotopic (exact) mass is 502 g/mol. The summed E-state index contributed by atoms with van der Waals surface area (Å²) >= 11 is 0. The first-order valence-electron chi connectivity index (χ1n) is 13.4. The van der Waals surface area contributed by atoms with Gasteiger partial charge in [0.05, 0.1) is 19.2 Å². The van der Waals surface area contributed by atoms with Crippen LogP contribution in [0.3, 0.4) is 0 Å². The Labute approximate surface area is 220 Å². The van der Waals surface area contributed by atoms with Crippen LogP contribution in [0.25, 0.3) is 0 Å². The van der Waals surface area contributed by atoms with E-state index in [1.807, 2.05) is 30.0 Å². The van der Waals surface area contributed by atoms with Crippen LogP contribution in [0, 0.1) is 24.7 Å². The Kier molecular flexibility index (Phi) is 9.70. The fraction of sp³-hybridized carbons (Fsp3) is 0.500. The molecular formula is C30H38N4O3. The summed E-state index contributed by atoms with van der Waals surface area (Å²) in [5, 5.41) is 6.59. The van der Waals surface area contributed by atoms with Gasteiger partial charge in [-0.1, -0.05) is 42.2 Å². The molecule has 7 nitrogen and oxygen atoms in total. The molecule has 1 saturated heterocycles. The van der Waals surface area contributed by atoms with Gasteiger partial charge in [-0.2, -0.15) is 0 Å². The number of aromatic nitrogens is 1. The number of methoxy groups -OCH3 is 1. The van der Waals surface area contributed by atoms with Gasteiger partial charge in [0.25, 0.3) is 11.8 Å². The van der Waals surface area contributed by atoms with Crippen LogP contribution in [-0.4, -0.2) is 67.1 Å². The third-order valence-electron chi connectivity index (χ3n) is 6.86. The average molecular weight is 503 g/mol. The van der Waals surface area contributed by atoms with E-state index in [4.69, 9.17) is 4.74 Å². The number of aryl methyl sites for hydroxylation is 1. The number of carbonyl (C=O) groups is 2. The van der Waals surface area contributed by atoms with E-state index in [1.165, 1.54) is 18.4 Å². The van der Waals surface area contributed by atoms with Gasteiger partial charge in [0, 0.05) is 36.9 Å². The van der Waals surface area contributed by atoms with E-state index in [-0.39, 0.29) is 23.9 Å². The van der Waals surface area contributed by atoms with Gasteiger partial charge >= 0.3 is 0 Å². The van der Waals surface area contributed by atoms with Crippen LogP contribution in [-0.2, 0) is 11.2 Å². The number of hydrogen-bond donors (Lipinski definition) is 2. The number of likely N-dealkylation sites (tertiary alicyclic amines) is 1. The quantitative estimate of drug-likeness (QED) is 0.364. The molecule has 1 aliphatic carbocycles. The smallest absolute Gasteiger partial charge is 0.272 e. The Balaban J connectivity index is 1.41. The number of rotatable bonds is 11. The molecule has 1 saturated carbocycles. The standard InChI is InChI=1S/C30H38N4O3/c1-22-18-25(20-28(32-22)30(36)34-17-7-11-27(34)21-37-2)29(35)33-26(19-24-8-4-3-5-9-24)14-16-31-15-6-10-23-12-13-23/h3-5,8-9,18,20,23,26-27,31H,7,11-17,19,21H2,1-2H3,(H,33,35). The van der Waals surface area contributed by atoms with E-state index in [2.05, 4.69) is 39.6 Å². The highest BCUT2D eigenvalue weighted by molar-refractivity contribution is 5.99. The van der Waals surface area contributed by atoms with Crippen LogP contribution in [0.4, 0.5) is 0 Å². The third-order valence-corrected chi connectivity index (χ3v) is 6.86. The summed E-state index contributed by atoms with van der Waals surface area (Å²) in [5.41, 5.74) is 2.58. The van der Waals surface area contributed by atoms with Crippen molar-refractivity contribution in [2.75, 3.05) is 33.4 Å². The van der Waals surface area contributed by atoms with Crippen molar-refractivity contribution in [3.8, 4) is 11.8 Å². The van der Waals surface area contributed by atoms with Crippen molar-refractivity contribution in [3.63, 3.8) is 0 Å². The molecule has 2 aliphatic rings. The normalized spacial score (nSPS) is 17.7. The molecule has 2 aromatic rings. The predicted octanol–water partition coefficient (Wildman–Crippen LogP) is 3.38. The van der Waals surface area contributed by atoms with E-state index in [9.17, 15) is 9.59 Å². The Morgan fingerprint density at radius 2 is 2.00 bits per heavy atom. The number of carbonyl (C=O) groups excluding carboxylic acids is 2. The molecule has 0 bridgehead atoms. The first-order valence-corrected chi connectivity index (χ1v) is 13.4. The van der Waals surface area contributed by atoms with Gasteiger partial charge in [-0.25, -0.2) is 4.98 Å². The van der Waals surface area contributed by atoms with Crippen LogP contribution in [0.2, 0.25) is 0 Å². The molecular weight excluding hydrogens is 464 g/mol. The maximum Gasteiger partial charge on any atom is 0.272 e. The summed E-state index contributed by atoms with van der Waals surface area (Å²) in [7, 11) is 1.65. The largest absolute Gasteiger partial charge is 0.383 e. The van der Waals surface area contributed by atoms with E-state index in [0.717, 1.165) is 32.2 Å². The summed E-state index contributed by atoms with van der Waals surface area (Å²) in [5.74, 6) is 6.72. The third kappa shape index (κ3) is 8.14. The van der Waals surface area contributed by atoms with Gasteiger partial charge in [0.2, 0.25) is 0 Å². The van der Waals surface area contributed by atoms with Crippen molar-refractivity contribution in [3.05, 3.63) is 65.0 Å². The second-order valence-corrected chi connectivity index (χ2v) is 10.1. The molecule has 7 heteroatoms. The first-order chi connectivity index (χ1) is 18.0. The van der Waals surface area contributed by atoms with E-state index in [1.54, 1.807) is 19.2 Å². The van der Waals surface area contributed by atoms with E-state index in [0.29, 0.717) is 42.6 Å². The summed E-state index contributed by atoms with van der Waals surface area (Å²) in [4.78, 5) is 32.9. The van der Waals surface area contributed by atoms with Crippen molar-refractivity contribution in [2.24, 2.45) is 5.92 Å². The molecule has 2 amide bonds. The zero-order valence-corrected chi connectivity index (χ0v) is 22.0. The summed E-state index contributed by atoms with van der Waals surface area (Å²) in [6.07, 6.45) is 5.82. The molecule has 0 radical (unpaired) electrons. The molecule has 2 atom stereocenters. The molecule has 196 valence electrons. The van der Waals surface area contributed by atoms with Crippen LogP contribution < -0.4 is 10.6 Å². The number of benzene rings is 1. The molecule has 0 spiro atoms. The number of pyridine rings is 1. The van der Waals surface area contributed by atoms with Crippen LogP contribution in [0.5, 0.6) is 0 Å². The maximum atomic E-state index is 13.4. The van der Waals surface area contributed by atoms with Crippen molar-refractivity contribution >= 4 is 11.8 Å². The van der Waals surface area contributed by atoms with Crippen LogP contribution in [0.15, 0.2) is 42.5 Å². The lowest BCUT2D eigenvalue weighted by Crippen LogP contribution is -2.40. The highest BCUT2D eigenvalue weighted by Gasteiger charge is 2.30. The zero-order valence-electron chi connectivity index (χ0n) is 22.0. The Hall–Kier alpha value is -3.21. The minimum absolute atomic E-state index is 0.0498. The molecule has 2 fully saturated rings. The fourth-order valence-electron chi connectivity index (χ4n) is 4.77. The second-order valence-electron chi connectivity index (χ2n) is 10.1. The number of hydrogen-bond acceptors (Lipinski definition) is 5. The van der Waals surface area contributed by atoms with Gasteiger partial charge in [-0.15, -0.1) is 0 Å². The molecule has 2 unspecified atom stereocenters. The van der Waals surface area contributed by atoms with E-state index < -0.39 is 0 Å². The highest BCUT2D eigenvalue weighted by atomic mass is 16.5. The molecule has 1 aromatic carbocycles. The Bertz CT molecular complexity index is 1120. The average Bonchev–Trinajstić information content (AvgIpc) is 3.61. The van der Waals surface area contributed by atoms with Gasteiger partial charge in [0.1, 0.15) is 5.69 Å². The van der Waals surface area contributed by atoms with Gasteiger partial charge in [0.15, 0.2) is 0 Å². The molecule has 37 heavy (non-hydrogen) atoms. The minimum atomic E-state index is -0.191. The predicted molar refractivity (Wildman–Crippen MR) is 144 cm³/mol. The number of nitrogens with one attached hydrogen (secondary N) is 2. The van der Waals surface area contributed by atoms with Crippen LogP contribution >= 0.6 is 0 Å². The molecule has 4 rings (SSSR count). The zero-order chi connectivity index (χ0) is 26.0. The molecule has 1 aliphatic heterocycles. The first kappa shape index (κ1) is 26.8. The number of amides is 2. The molecule has 2 heterocycles. The van der Waals surface area contributed by atoms with Crippen molar-refractivity contribution in [2.45, 2.75) is 57.5 Å². The summed E-state index contributed by atoms with van der Waals surface area (Å²) < 4.78 is 5.30. The summed E-state index contributed by atoms with van der Waals surface area (Å²) in [6, 6.07) is 13.5. The highest BCUT2D eigenvalue weighted by Crippen LogP contribution is 2.27. The van der Waals surface area contributed by atoms with Crippen molar-refractivity contribution < 1.29 is 14.3 Å². The lowest BCUT2D eigenvalue weighted by molar-refractivity contribution is 0.0625. The van der Waals surface area contributed by atoms with Crippen LogP contribution in [0.1, 0.15) is 64.2 Å². The fourth-order valence-corrected chi connectivity index (χ4v) is 4.77. The molecule has 2 N–H and O–H groups in total. The molecule has 1 aromatic heterocycles. The second kappa shape index (κ2) is 13.4. The SMILES string of the molecule is COCC1CCCN1C(=O)c1cc(C(=O)NC(CCNCC#CC2CC2)Cc2ccccc2)cc(C)n1. The van der Waals surface area contributed by atoms with E-state index >= 15 is 0 Å². The summed E-state index contributed by atoms with van der Waals surface area (Å²) in [6.45, 7) is 4.43. The lowest BCUT2D eigenvalue weighted by atomic mass is 10.0. The number of nitrogens with zero attached hydrogens (tertiary/aromatic N) is 2. The lowest BCUT2D eigenvalue weighted by Gasteiger charge is -2.24. The van der Waals surface area contributed by atoms with Crippen molar-refractivity contribution in [1.29, 1.82) is 0 Å². The minimum Gasteiger partial charge on any atom is -0.383 e. The van der Waals surface area contributed by atoms with Gasteiger partial charge < -0.3 is 20.3 Å².